The number of halogens is 1. The Labute approximate surface area is 118 Å². The van der Waals surface area contributed by atoms with Crippen molar-refractivity contribution in [1.29, 1.82) is 0 Å². The molecule has 19 heavy (non-hydrogen) atoms. The minimum absolute atomic E-state index is 0.0639. The molecule has 0 spiro atoms. The highest BCUT2D eigenvalue weighted by molar-refractivity contribution is 9.10. The van der Waals surface area contributed by atoms with Crippen LogP contribution in [-0.2, 0) is 6.42 Å². The third-order valence-corrected chi connectivity index (χ3v) is 3.30. The minimum atomic E-state index is -0.0639. The monoisotopic (exact) mass is 315 g/mol. The standard InChI is InChI=1S/C15H10BrNO2/c16-11-5-6-12(17-9-11)8-13(18)15-7-10-3-1-2-4-14(10)19-15/h1-7,9H,8H2. The maximum absolute atomic E-state index is 12.1. The van der Waals surface area contributed by atoms with Gasteiger partial charge in [0.1, 0.15) is 5.58 Å². The Hall–Kier alpha value is -1.94. The van der Waals surface area contributed by atoms with Crippen LogP contribution >= 0.6 is 15.9 Å². The molecule has 2 aromatic heterocycles. The Morgan fingerprint density at radius 2 is 2.05 bits per heavy atom. The number of furan rings is 1. The molecule has 0 atom stereocenters. The van der Waals surface area contributed by atoms with Crippen LogP contribution in [0.5, 0.6) is 0 Å². The zero-order chi connectivity index (χ0) is 13.2. The van der Waals surface area contributed by atoms with Crippen molar-refractivity contribution in [2.24, 2.45) is 0 Å². The number of hydrogen-bond acceptors (Lipinski definition) is 3. The van der Waals surface area contributed by atoms with Gasteiger partial charge in [-0.2, -0.15) is 0 Å². The van der Waals surface area contributed by atoms with Crippen molar-refractivity contribution in [2.45, 2.75) is 6.42 Å². The normalized spacial score (nSPS) is 10.8. The molecular formula is C15H10BrNO2. The average molecular weight is 316 g/mol. The maximum Gasteiger partial charge on any atom is 0.203 e. The summed E-state index contributed by atoms with van der Waals surface area (Å²) in [6.07, 6.45) is 1.92. The van der Waals surface area contributed by atoms with Gasteiger partial charge < -0.3 is 4.42 Å². The molecule has 0 aliphatic carbocycles. The minimum Gasteiger partial charge on any atom is -0.453 e. The van der Waals surface area contributed by atoms with E-state index in [1.807, 2.05) is 36.4 Å². The van der Waals surface area contributed by atoms with Crippen LogP contribution in [0.2, 0.25) is 0 Å². The first-order chi connectivity index (χ1) is 9.22. The fourth-order valence-corrected chi connectivity index (χ4v) is 2.12. The largest absolute Gasteiger partial charge is 0.453 e. The molecule has 0 aliphatic heterocycles. The van der Waals surface area contributed by atoms with E-state index in [-0.39, 0.29) is 12.2 Å². The molecule has 0 saturated heterocycles. The Balaban J connectivity index is 1.85. The van der Waals surface area contributed by atoms with E-state index in [0.717, 1.165) is 21.1 Å². The SMILES string of the molecule is O=C(Cc1ccc(Br)cn1)c1cc2ccccc2o1. The van der Waals surface area contributed by atoms with Crippen LogP contribution in [0.1, 0.15) is 16.2 Å². The summed E-state index contributed by atoms with van der Waals surface area (Å²) < 4.78 is 6.43. The van der Waals surface area contributed by atoms with Gasteiger partial charge in [-0.1, -0.05) is 18.2 Å². The van der Waals surface area contributed by atoms with Gasteiger partial charge in [-0.25, -0.2) is 0 Å². The third kappa shape index (κ3) is 2.58. The Bertz CT molecular complexity index is 698. The molecule has 4 heteroatoms. The number of carbonyl (C=O) groups is 1. The molecule has 3 aromatic rings. The van der Waals surface area contributed by atoms with Crippen LogP contribution in [0.25, 0.3) is 11.0 Å². The fraction of sp³-hybridized carbons (Fsp3) is 0.0667. The predicted octanol–water partition coefficient (Wildman–Crippen LogP) is 4.02. The van der Waals surface area contributed by atoms with Gasteiger partial charge in [0.25, 0.3) is 0 Å². The summed E-state index contributed by atoms with van der Waals surface area (Å²) >= 11 is 3.31. The highest BCUT2D eigenvalue weighted by Crippen LogP contribution is 2.20. The number of carbonyl (C=O) groups excluding carboxylic acids is 1. The number of aromatic nitrogens is 1. The van der Waals surface area contributed by atoms with Gasteiger partial charge in [-0.3, -0.25) is 9.78 Å². The lowest BCUT2D eigenvalue weighted by molar-refractivity contribution is 0.0967. The van der Waals surface area contributed by atoms with E-state index >= 15 is 0 Å². The number of nitrogens with zero attached hydrogens (tertiary/aromatic N) is 1. The van der Waals surface area contributed by atoms with Crippen molar-refractivity contribution in [3.63, 3.8) is 0 Å². The van der Waals surface area contributed by atoms with Gasteiger partial charge in [0, 0.05) is 21.7 Å². The quantitative estimate of drug-likeness (QED) is 0.686. The fourth-order valence-electron chi connectivity index (χ4n) is 1.88. The van der Waals surface area contributed by atoms with Gasteiger partial charge >= 0.3 is 0 Å². The Morgan fingerprint density at radius 1 is 1.21 bits per heavy atom. The van der Waals surface area contributed by atoms with Crippen molar-refractivity contribution >= 4 is 32.7 Å². The van der Waals surface area contributed by atoms with Crippen molar-refractivity contribution in [2.75, 3.05) is 0 Å². The second-order valence-corrected chi connectivity index (χ2v) is 5.13. The lowest BCUT2D eigenvalue weighted by atomic mass is 10.1. The van der Waals surface area contributed by atoms with Crippen LogP contribution in [0.15, 0.2) is 57.6 Å². The molecule has 94 valence electrons. The number of fused-ring (bicyclic) bond motifs is 1. The highest BCUT2D eigenvalue weighted by atomic mass is 79.9. The van der Waals surface area contributed by atoms with Crippen molar-refractivity contribution < 1.29 is 9.21 Å². The van der Waals surface area contributed by atoms with Gasteiger partial charge in [0.05, 0.1) is 6.42 Å². The zero-order valence-electron chi connectivity index (χ0n) is 9.97. The first-order valence-corrected chi connectivity index (χ1v) is 6.64. The molecule has 0 bridgehead atoms. The summed E-state index contributed by atoms with van der Waals surface area (Å²) in [6.45, 7) is 0. The number of ketones is 1. The van der Waals surface area contributed by atoms with E-state index in [1.165, 1.54) is 0 Å². The van der Waals surface area contributed by atoms with Crippen LogP contribution in [0.4, 0.5) is 0 Å². The van der Waals surface area contributed by atoms with Crippen LogP contribution in [-0.4, -0.2) is 10.8 Å². The molecule has 0 N–H and O–H groups in total. The van der Waals surface area contributed by atoms with E-state index in [0.29, 0.717) is 5.76 Å². The Kier molecular flexibility index (Phi) is 3.17. The highest BCUT2D eigenvalue weighted by Gasteiger charge is 2.13. The smallest absolute Gasteiger partial charge is 0.203 e. The summed E-state index contributed by atoms with van der Waals surface area (Å²) in [5, 5.41) is 0.939. The van der Waals surface area contributed by atoms with Crippen LogP contribution in [0, 0.1) is 0 Å². The second kappa shape index (κ2) is 4.97. The summed E-state index contributed by atoms with van der Waals surface area (Å²) in [5.74, 6) is 0.317. The molecular weight excluding hydrogens is 306 g/mol. The summed E-state index contributed by atoms with van der Waals surface area (Å²) in [6, 6.07) is 13.0. The van der Waals surface area contributed by atoms with Crippen LogP contribution in [0.3, 0.4) is 0 Å². The molecule has 1 aromatic carbocycles. The summed E-state index contributed by atoms with van der Waals surface area (Å²) in [4.78, 5) is 16.3. The first-order valence-electron chi connectivity index (χ1n) is 5.84. The van der Waals surface area contributed by atoms with E-state index in [4.69, 9.17) is 4.42 Å². The first kappa shape index (κ1) is 12.1. The van der Waals surface area contributed by atoms with Crippen molar-refractivity contribution in [3.8, 4) is 0 Å². The molecule has 3 rings (SSSR count). The molecule has 2 heterocycles. The number of Topliss-reactive ketones (excluding diaryl/α,β-unsaturated/α-hetero) is 1. The second-order valence-electron chi connectivity index (χ2n) is 4.22. The number of para-hydroxylation sites is 1. The Morgan fingerprint density at radius 3 is 2.79 bits per heavy atom. The number of hydrogen-bond donors (Lipinski definition) is 0. The summed E-state index contributed by atoms with van der Waals surface area (Å²) in [7, 11) is 0. The van der Waals surface area contributed by atoms with Gasteiger partial charge in [-0.15, -0.1) is 0 Å². The van der Waals surface area contributed by atoms with Crippen molar-refractivity contribution in [3.05, 3.63) is 64.6 Å². The van der Waals surface area contributed by atoms with E-state index in [9.17, 15) is 4.79 Å². The molecule has 0 fully saturated rings. The van der Waals surface area contributed by atoms with Crippen molar-refractivity contribution in [1.82, 2.24) is 4.98 Å². The third-order valence-electron chi connectivity index (χ3n) is 2.83. The number of pyridine rings is 1. The lowest BCUT2D eigenvalue weighted by Gasteiger charge is -1.98. The molecule has 0 unspecified atom stereocenters. The average Bonchev–Trinajstić information content (AvgIpc) is 2.85. The molecule has 3 nitrogen and oxygen atoms in total. The van der Waals surface area contributed by atoms with E-state index in [2.05, 4.69) is 20.9 Å². The number of rotatable bonds is 3. The van der Waals surface area contributed by atoms with Gasteiger partial charge in [-0.05, 0) is 40.2 Å². The predicted molar refractivity (Wildman–Crippen MR) is 76.2 cm³/mol. The lowest BCUT2D eigenvalue weighted by Crippen LogP contribution is -2.03. The summed E-state index contributed by atoms with van der Waals surface area (Å²) in [5.41, 5.74) is 1.46. The zero-order valence-corrected chi connectivity index (χ0v) is 11.6. The van der Waals surface area contributed by atoms with E-state index < -0.39 is 0 Å². The molecule has 0 aliphatic rings. The van der Waals surface area contributed by atoms with Crippen LogP contribution < -0.4 is 0 Å². The topological polar surface area (TPSA) is 43.1 Å². The molecule has 0 amide bonds. The van der Waals surface area contributed by atoms with Gasteiger partial charge in [0.2, 0.25) is 5.78 Å². The molecule has 0 radical (unpaired) electrons. The maximum atomic E-state index is 12.1. The van der Waals surface area contributed by atoms with E-state index in [1.54, 1.807) is 12.3 Å². The molecule has 0 saturated carbocycles. The van der Waals surface area contributed by atoms with Gasteiger partial charge in [0.15, 0.2) is 5.76 Å². The number of benzene rings is 1.